The van der Waals surface area contributed by atoms with Gasteiger partial charge in [-0.3, -0.25) is 4.68 Å². The Bertz CT molecular complexity index is 336. The maximum absolute atomic E-state index is 9.96. The highest BCUT2D eigenvalue weighted by Gasteiger charge is 2.18. The molecule has 1 atom stereocenters. The summed E-state index contributed by atoms with van der Waals surface area (Å²) in [7, 11) is 1.92. The van der Waals surface area contributed by atoms with E-state index in [1.807, 2.05) is 38.0 Å². The van der Waals surface area contributed by atoms with Crippen LogP contribution in [0.2, 0.25) is 0 Å². The molecule has 1 aromatic rings. The molecule has 0 saturated carbocycles. The van der Waals surface area contributed by atoms with Crippen LogP contribution in [0, 0.1) is 6.92 Å². The minimum absolute atomic E-state index is 0.599. The molecule has 0 amide bonds. The van der Waals surface area contributed by atoms with Gasteiger partial charge < -0.3 is 10.4 Å². The molecule has 0 aromatic carbocycles. The molecule has 0 aliphatic carbocycles. The molecular weight excluding hydrogens is 222 g/mol. The lowest BCUT2D eigenvalue weighted by Crippen LogP contribution is -2.39. The van der Waals surface area contributed by atoms with Crippen molar-refractivity contribution in [1.29, 1.82) is 0 Å². The van der Waals surface area contributed by atoms with E-state index < -0.39 is 5.60 Å². The van der Waals surface area contributed by atoms with Crippen LogP contribution >= 0.6 is 11.8 Å². The third-order valence-electron chi connectivity index (χ3n) is 2.39. The third-order valence-corrected chi connectivity index (χ3v) is 3.30. The fourth-order valence-corrected chi connectivity index (χ4v) is 2.37. The lowest BCUT2D eigenvalue weighted by atomic mass is 10.1. The summed E-state index contributed by atoms with van der Waals surface area (Å²) in [5.74, 6) is 0.742. The molecule has 0 radical (unpaired) electrons. The van der Waals surface area contributed by atoms with Crippen molar-refractivity contribution in [3.63, 3.8) is 0 Å². The highest BCUT2D eigenvalue weighted by atomic mass is 32.2. The summed E-state index contributed by atoms with van der Waals surface area (Å²) in [6.07, 6.45) is 4.01. The summed E-state index contributed by atoms with van der Waals surface area (Å²) >= 11 is 1.66. The van der Waals surface area contributed by atoms with Crippen molar-refractivity contribution in [3.05, 3.63) is 17.5 Å². The third kappa shape index (κ3) is 4.15. The highest BCUT2D eigenvalue weighted by molar-refractivity contribution is 7.98. The number of hydrogen-bond donors (Lipinski definition) is 2. The van der Waals surface area contributed by atoms with Crippen molar-refractivity contribution in [2.45, 2.75) is 26.0 Å². The van der Waals surface area contributed by atoms with Crippen LogP contribution in [0.15, 0.2) is 6.20 Å². The molecule has 0 fully saturated rings. The van der Waals surface area contributed by atoms with Gasteiger partial charge in [0.25, 0.3) is 0 Å². The number of aliphatic hydroxyl groups is 1. The quantitative estimate of drug-likeness (QED) is 0.780. The topological polar surface area (TPSA) is 50.1 Å². The van der Waals surface area contributed by atoms with Gasteiger partial charge in [-0.05, 0) is 20.1 Å². The van der Waals surface area contributed by atoms with Gasteiger partial charge in [-0.25, -0.2) is 0 Å². The summed E-state index contributed by atoms with van der Waals surface area (Å²) in [5.41, 5.74) is 1.58. The van der Waals surface area contributed by atoms with Crippen LogP contribution in [0.1, 0.15) is 18.2 Å². The van der Waals surface area contributed by atoms with Crippen LogP contribution in [0.3, 0.4) is 0 Å². The minimum atomic E-state index is -0.643. The highest BCUT2D eigenvalue weighted by Crippen LogP contribution is 2.10. The van der Waals surface area contributed by atoms with Crippen LogP contribution in [-0.4, -0.2) is 39.0 Å². The number of aryl methyl sites for hydroxylation is 2. The van der Waals surface area contributed by atoms with E-state index in [2.05, 4.69) is 10.4 Å². The van der Waals surface area contributed by atoms with Crippen molar-refractivity contribution in [2.75, 3.05) is 18.6 Å². The van der Waals surface area contributed by atoms with E-state index in [4.69, 9.17) is 0 Å². The molecule has 0 aliphatic rings. The standard InChI is InChI=1S/C11H21N3OS/c1-9-10(6-14(3)13-9)5-12-7-11(2,15)8-16-4/h6,12,15H,5,7-8H2,1-4H3. The number of aromatic nitrogens is 2. The van der Waals surface area contributed by atoms with Crippen molar-refractivity contribution < 1.29 is 5.11 Å². The molecule has 0 bridgehead atoms. The normalized spacial score (nSPS) is 15.1. The first-order chi connectivity index (χ1) is 7.44. The first kappa shape index (κ1) is 13.5. The Kier molecular flexibility index (Phi) is 4.83. The maximum atomic E-state index is 9.96. The molecule has 92 valence electrons. The number of thioether (sulfide) groups is 1. The molecule has 4 nitrogen and oxygen atoms in total. The van der Waals surface area contributed by atoms with Gasteiger partial charge in [0.15, 0.2) is 0 Å². The zero-order valence-electron chi connectivity index (χ0n) is 10.4. The summed E-state index contributed by atoms with van der Waals surface area (Å²) in [6.45, 7) is 5.20. The SMILES string of the molecule is CSCC(C)(O)CNCc1cn(C)nc1C. The van der Waals surface area contributed by atoms with Crippen LogP contribution in [0.4, 0.5) is 0 Å². The average Bonchev–Trinajstić information content (AvgIpc) is 2.44. The summed E-state index contributed by atoms with van der Waals surface area (Å²) in [4.78, 5) is 0. The smallest absolute Gasteiger partial charge is 0.0833 e. The van der Waals surface area contributed by atoms with Crippen molar-refractivity contribution in [2.24, 2.45) is 7.05 Å². The maximum Gasteiger partial charge on any atom is 0.0833 e. The van der Waals surface area contributed by atoms with Crippen LogP contribution in [0.25, 0.3) is 0 Å². The van der Waals surface area contributed by atoms with E-state index in [-0.39, 0.29) is 0 Å². The molecular formula is C11H21N3OS. The van der Waals surface area contributed by atoms with Crippen molar-refractivity contribution >= 4 is 11.8 Å². The molecule has 5 heteroatoms. The Hall–Kier alpha value is -0.520. The van der Waals surface area contributed by atoms with Gasteiger partial charge in [0, 0.05) is 37.7 Å². The van der Waals surface area contributed by atoms with E-state index in [0.717, 1.165) is 18.0 Å². The Balaban J connectivity index is 2.38. The first-order valence-electron chi connectivity index (χ1n) is 5.36. The van der Waals surface area contributed by atoms with Crippen LogP contribution in [0.5, 0.6) is 0 Å². The molecule has 0 spiro atoms. The van der Waals surface area contributed by atoms with Gasteiger partial charge >= 0.3 is 0 Å². The molecule has 1 heterocycles. The van der Waals surface area contributed by atoms with Gasteiger partial charge in [-0.15, -0.1) is 0 Å². The number of nitrogens with zero attached hydrogens (tertiary/aromatic N) is 2. The summed E-state index contributed by atoms with van der Waals surface area (Å²) < 4.78 is 1.81. The molecule has 2 N–H and O–H groups in total. The lowest BCUT2D eigenvalue weighted by Gasteiger charge is -2.22. The second-order valence-corrected chi connectivity index (χ2v) is 5.31. The van der Waals surface area contributed by atoms with Crippen molar-refractivity contribution in [1.82, 2.24) is 15.1 Å². The largest absolute Gasteiger partial charge is 0.388 e. The van der Waals surface area contributed by atoms with E-state index >= 15 is 0 Å². The van der Waals surface area contributed by atoms with Gasteiger partial charge in [-0.2, -0.15) is 16.9 Å². The van der Waals surface area contributed by atoms with E-state index in [1.54, 1.807) is 11.8 Å². The van der Waals surface area contributed by atoms with Crippen LogP contribution in [-0.2, 0) is 13.6 Å². The van der Waals surface area contributed by atoms with Gasteiger partial charge in [0.05, 0.1) is 11.3 Å². The zero-order chi connectivity index (χ0) is 12.2. The number of nitrogens with one attached hydrogen (secondary N) is 1. The number of rotatable bonds is 6. The average molecular weight is 243 g/mol. The zero-order valence-corrected chi connectivity index (χ0v) is 11.3. The van der Waals surface area contributed by atoms with Crippen LogP contribution < -0.4 is 5.32 Å². The second-order valence-electron chi connectivity index (χ2n) is 4.45. The molecule has 0 saturated heterocycles. The molecule has 1 rings (SSSR count). The van der Waals surface area contributed by atoms with E-state index in [0.29, 0.717) is 6.54 Å². The monoisotopic (exact) mass is 243 g/mol. The Morgan fingerprint density at radius 1 is 1.62 bits per heavy atom. The Morgan fingerprint density at radius 2 is 2.31 bits per heavy atom. The number of hydrogen-bond acceptors (Lipinski definition) is 4. The minimum Gasteiger partial charge on any atom is -0.388 e. The Labute approximate surface area is 101 Å². The fourth-order valence-electron chi connectivity index (χ4n) is 1.65. The lowest BCUT2D eigenvalue weighted by molar-refractivity contribution is 0.0845. The molecule has 1 aromatic heterocycles. The first-order valence-corrected chi connectivity index (χ1v) is 6.75. The van der Waals surface area contributed by atoms with E-state index in [9.17, 15) is 5.11 Å². The van der Waals surface area contributed by atoms with Gasteiger partial charge in [0.2, 0.25) is 0 Å². The summed E-state index contributed by atoms with van der Waals surface area (Å²) in [6, 6.07) is 0. The van der Waals surface area contributed by atoms with Gasteiger partial charge in [0.1, 0.15) is 0 Å². The molecule has 1 unspecified atom stereocenters. The molecule has 0 aliphatic heterocycles. The molecule has 16 heavy (non-hydrogen) atoms. The second kappa shape index (κ2) is 5.70. The fraction of sp³-hybridized carbons (Fsp3) is 0.727. The predicted molar refractivity (Wildman–Crippen MR) is 68.7 cm³/mol. The predicted octanol–water partition coefficient (Wildman–Crippen LogP) is 0.932. The van der Waals surface area contributed by atoms with Gasteiger partial charge in [-0.1, -0.05) is 0 Å². The van der Waals surface area contributed by atoms with E-state index in [1.165, 1.54) is 5.56 Å². The Morgan fingerprint density at radius 3 is 2.81 bits per heavy atom. The van der Waals surface area contributed by atoms with Crippen molar-refractivity contribution in [3.8, 4) is 0 Å². The summed E-state index contributed by atoms with van der Waals surface area (Å²) in [5, 5.41) is 17.5.